The number of sulfonamides is 1. The molecule has 1 aromatic rings. The molecule has 1 aromatic carbocycles. The molecule has 0 aliphatic carbocycles. The minimum absolute atomic E-state index is 0.0297. The fourth-order valence-electron chi connectivity index (χ4n) is 3.68. The molecule has 0 amide bonds. The van der Waals surface area contributed by atoms with Gasteiger partial charge in [0.1, 0.15) is 5.75 Å². The Kier molecular flexibility index (Phi) is 7.12. The van der Waals surface area contributed by atoms with E-state index in [1.165, 1.54) is 0 Å². The molecule has 1 fully saturated rings. The molecule has 1 atom stereocenters. The van der Waals surface area contributed by atoms with E-state index in [0.29, 0.717) is 42.8 Å². The van der Waals surface area contributed by atoms with Gasteiger partial charge in [-0.3, -0.25) is 4.99 Å². The van der Waals surface area contributed by atoms with Gasteiger partial charge in [0.2, 0.25) is 0 Å². The van der Waals surface area contributed by atoms with Gasteiger partial charge >= 0.3 is 15.5 Å². The van der Waals surface area contributed by atoms with E-state index in [4.69, 9.17) is 4.74 Å². The number of piperidine rings is 1. The summed E-state index contributed by atoms with van der Waals surface area (Å²) in [6.07, 6.45) is 1.48. The molecule has 0 spiro atoms. The highest BCUT2D eigenvalue weighted by Crippen LogP contribution is 2.32. The first-order chi connectivity index (χ1) is 14.2. The van der Waals surface area contributed by atoms with Crippen LogP contribution in [0.25, 0.3) is 0 Å². The summed E-state index contributed by atoms with van der Waals surface area (Å²) in [7, 11) is -5.25. The third-order valence-electron chi connectivity index (χ3n) is 5.33. The van der Waals surface area contributed by atoms with Crippen LogP contribution in [0.15, 0.2) is 29.3 Å². The van der Waals surface area contributed by atoms with Gasteiger partial charge < -0.3 is 15.4 Å². The lowest BCUT2D eigenvalue weighted by Crippen LogP contribution is -2.45. The summed E-state index contributed by atoms with van der Waals surface area (Å²) in [5.74, 6) is 1.50. The zero-order valence-electron chi connectivity index (χ0n) is 16.8. The Morgan fingerprint density at radius 2 is 1.93 bits per heavy atom. The summed E-state index contributed by atoms with van der Waals surface area (Å²) < 4.78 is 67.4. The van der Waals surface area contributed by atoms with Crippen molar-refractivity contribution in [2.45, 2.75) is 37.7 Å². The number of ether oxygens (including phenoxy) is 1. The van der Waals surface area contributed by atoms with Crippen molar-refractivity contribution in [3.63, 3.8) is 0 Å². The first kappa shape index (κ1) is 22.7. The number of alkyl halides is 3. The van der Waals surface area contributed by atoms with E-state index in [9.17, 15) is 21.6 Å². The van der Waals surface area contributed by atoms with Crippen molar-refractivity contribution in [3.8, 4) is 5.75 Å². The fraction of sp³-hybridized carbons (Fsp3) is 0.632. The number of para-hydroxylation sites is 1. The number of guanidine groups is 1. The highest BCUT2D eigenvalue weighted by molar-refractivity contribution is 7.90. The summed E-state index contributed by atoms with van der Waals surface area (Å²) in [5.41, 5.74) is -4.19. The first-order valence-electron chi connectivity index (χ1n) is 10.1. The van der Waals surface area contributed by atoms with Crippen LogP contribution in [-0.2, 0) is 10.0 Å². The van der Waals surface area contributed by atoms with Gasteiger partial charge in [-0.25, -0.2) is 8.42 Å². The Morgan fingerprint density at radius 1 is 1.23 bits per heavy atom. The number of nitrogens with one attached hydrogen (secondary N) is 2. The molecule has 7 nitrogen and oxygen atoms in total. The van der Waals surface area contributed by atoms with Crippen molar-refractivity contribution in [3.05, 3.63) is 29.8 Å². The summed E-state index contributed by atoms with van der Waals surface area (Å²) in [4.78, 5) is 4.60. The predicted molar refractivity (Wildman–Crippen MR) is 108 cm³/mol. The zero-order chi connectivity index (χ0) is 21.8. The van der Waals surface area contributed by atoms with Gasteiger partial charge in [0.15, 0.2) is 5.96 Å². The Morgan fingerprint density at radius 3 is 2.60 bits per heavy atom. The Balaban J connectivity index is 1.59. The maximum Gasteiger partial charge on any atom is 0.511 e. The van der Waals surface area contributed by atoms with Crippen LogP contribution < -0.4 is 15.4 Å². The number of hydrogen-bond acceptors (Lipinski definition) is 4. The highest BCUT2D eigenvalue weighted by atomic mass is 32.2. The maximum atomic E-state index is 12.7. The number of nitrogens with zero attached hydrogens (tertiary/aromatic N) is 2. The van der Waals surface area contributed by atoms with E-state index < -0.39 is 15.5 Å². The minimum atomic E-state index is -5.25. The van der Waals surface area contributed by atoms with Crippen LogP contribution in [0.5, 0.6) is 5.75 Å². The van der Waals surface area contributed by atoms with Crippen LogP contribution in [0, 0.1) is 5.92 Å². The monoisotopic (exact) mass is 448 g/mol. The van der Waals surface area contributed by atoms with Crippen LogP contribution in [0.4, 0.5) is 13.2 Å². The summed E-state index contributed by atoms with van der Waals surface area (Å²) in [6.45, 7) is 3.35. The maximum absolute atomic E-state index is 12.7. The third-order valence-corrected chi connectivity index (χ3v) is 6.96. The van der Waals surface area contributed by atoms with E-state index in [1.807, 2.05) is 31.2 Å². The van der Waals surface area contributed by atoms with Crippen LogP contribution in [0.1, 0.15) is 37.8 Å². The average Bonchev–Trinajstić information content (AvgIpc) is 2.72. The Bertz CT molecular complexity index is 853. The molecule has 30 heavy (non-hydrogen) atoms. The molecule has 168 valence electrons. The van der Waals surface area contributed by atoms with Crippen LogP contribution in [0.2, 0.25) is 0 Å². The standard InChI is InChI=1S/C19H27F3N4O3S/c1-2-23-18(25-16-9-12-29-17-6-4-3-5-15(16)17)24-13-14-7-10-26(11-8-14)30(27,28)19(20,21)22/h3-6,14,16H,2,7-13H2,1H3,(H2,23,24,25). The van der Waals surface area contributed by atoms with E-state index >= 15 is 0 Å². The summed E-state index contributed by atoms with van der Waals surface area (Å²) in [5, 5.41) is 6.61. The van der Waals surface area contributed by atoms with Crippen molar-refractivity contribution in [1.82, 2.24) is 14.9 Å². The van der Waals surface area contributed by atoms with Gasteiger partial charge in [0.25, 0.3) is 0 Å². The Hall–Kier alpha value is -2.01. The molecule has 0 radical (unpaired) electrons. The molecule has 2 aliphatic rings. The molecule has 3 rings (SSSR count). The third kappa shape index (κ3) is 5.18. The van der Waals surface area contributed by atoms with E-state index in [0.717, 1.165) is 17.7 Å². The molecule has 1 unspecified atom stereocenters. The number of rotatable bonds is 5. The van der Waals surface area contributed by atoms with E-state index in [-0.39, 0.29) is 25.0 Å². The normalized spacial score (nSPS) is 21.6. The molecular weight excluding hydrogens is 421 g/mol. The zero-order valence-corrected chi connectivity index (χ0v) is 17.6. The van der Waals surface area contributed by atoms with E-state index in [2.05, 4.69) is 15.6 Å². The number of hydrogen-bond donors (Lipinski definition) is 2. The second-order valence-electron chi connectivity index (χ2n) is 7.38. The fourth-order valence-corrected chi connectivity index (χ4v) is 4.66. The second kappa shape index (κ2) is 9.42. The van der Waals surface area contributed by atoms with Crippen molar-refractivity contribution >= 4 is 16.0 Å². The summed E-state index contributed by atoms with van der Waals surface area (Å²) >= 11 is 0. The van der Waals surface area contributed by atoms with Crippen molar-refractivity contribution < 1.29 is 26.3 Å². The minimum Gasteiger partial charge on any atom is -0.493 e. The molecule has 0 aromatic heterocycles. The van der Waals surface area contributed by atoms with Gasteiger partial charge in [0.05, 0.1) is 12.6 Å². The topological polar surface area (TPSA) is 83.0 Å². The largest absolute Gasteiger partial charge is 0.511 e. The molecule has 11 heteroatoms. The molecule has 1 saturated heterocycles. The van der Waals surface area contributed by atoms with Crippen molar-refractivity contribution in [1.29, 1.82) is 0 Å². The molecule has 2 N–H and O–H groups in total. The van der Waals surface area contributed by atoms with Gasteiger partial charge in [0, 0.05) is 38.2 Å². The van der Waals surface area contributed by atoms with Gasteiger partial charge in [-0.2, -0.15) is 17.5 Å². The molecule has 0 bridgehead atoms. The van der Waals surface area contributed by atoms with Crippen LogP contribution in [-0.4, -0.2) is 57.0 Å². The number of fused-ring (bicyclic) bond motifs is 1. The number of aliphatic imine (C=N–C) groups is 1. The second-order valence-corrected chi connectivity index (χ2v) is 9.31. The number of halogens is 3. The quantitative estimate of drug-likeness (QED) is 0.535. The first-order valence-corrected chi connectivity index (χ1v) is 11.5. The molecule has 0 saturated carbocycles. The average molecular weight is 449 g/mol. The summed E-state index contributed by atoms with van der Waals surface area (Å²) in [6, 6.07) is 7.86. The van der Waals surface area contributed by atoms with Crippen LogP contribution in [0.3, 0.4) is 0 Å². The lowest BCUT2D eigenvalue weighted by atomic mass is 9.98. The predicted octanol–water partition coefficient (Wildman–Crippen LogP) is 2.63. The molecule has 2 aliphatic heterocycles. The van der Waals surface area contributed by atoms with Gasteiger partial charge in [-0.15, -0.1) is 0 Å². The van der Waals surface area contributed by atoms with Crippen LogP contribution >= 0.6 is 0 Å². The van der Waals surface area contributed by atoms with Crippen molar-refractivity contribution in [2.24, 2.45) is 10.9 Å². The van der Waals surface area contributed by atoms with Crippen molar-refractivity contribution in [2.75, 3.05) is 32.8 Å². The lowest BCUT2D eigenvalue weighted by molar-refractivity contribution is -0.0496. The van der Waals surface area contributed by atoms with Gasteiger partial charge in [-0.1, -0.05) is 18.2 Å². The SMILES string of the molecule is CCNC(=NCC1CCN(S(=O)(=O)C(F)(F)F)CC1)NC1CCOc2ccccc21. The number of benzene rings is 1. The smallest absolute Gasteiger partial charge is 0.493 e. The highest BCUT2D eigenvalue weighted by Gasteiger charge is 2.50. The van der Waals surface area contributed by atoms with E-state index in [1.54, 1.807) is 0 Å². The lowest BCUT2D eigenvalue weighted by Gasteiger charge is -2.31. The van der Waals surface area contributed by atoms with Gasteiger partial charge in [-0.05, 0) is 31.7 Å². The molecular formula is C19H27F3N4O3S. The molecule has 2 heterocycles. The Labute approximate surface area is 174 Å².